The molecule has 3 heteroatoms. The van der Waals surface area contributed by atoms with E-state index in [2.05, 4.69) is 254 Å². The van der Waals surface area contributed by atoms with Crippen LogP contribution in [0, 0.1) is 13.8 Å². The van der Waals surface area contributed by atoms with Crippen LogP contribution in [0.2, 0.25) is 0 Å². The Labute approximate surface area is 378 Å². The van der Waals surface area contributed by atoms with Gasteiger partial charge in [-0.05, 0) is 119 Å². The number of aromatic nitrogens is 1. The maximum atomic E-state index is 6.95. The van der Waals surface area contributed by atoms with Crippen LogP contribution >= 0.6 is 0 Å². The van der Waals surface area contributed by atoms with Gasteiger partial charge in [-0.3, -0.25) is 0 Å². The van der Waals surface area contributed by atoms with E-state index in [1.165, 1.54) is 55.3 Å². The van der Waals surface area contributed by atoms with Crippen LogP contribution in [-0.2, 0) is 0 Å². The maximum Gasteiger partial charge on any atom is 0.143 e. The van der Waals surface area contributed by atoms with E-state index >= 15 is 0 Å². The van der Waals surface area contributed by atoms with Crippen molar-refractivity contribution in [3.8, 4) is 50.2 Å². The molecule has 308 valence electrons. The molecule has 0 fully saturated rings. The van der Waals surface area contributed by atoms with Crippen LogP contribution < -0.4 is 4.90 Å². The summed E-state index contributed by atoms with van der Waals surface area (Å²) in [5.41, 5.74) is 20.0. The summed E-state index contributed by atoms with van der Waals surface area (Å²) in [7, 11) is 0. The van der Waals surface area contributed by atoms with E-state index in [1.54, 1.807) is 0 Å². The van der Waals surface area contributed by atoms with E-state index in [-0.39, 0.29) is 0 Å². The predicted molar refractivity (Wildman–Crippen MR) is 274 cm³/mol. The number of hydrogen-bond donors (Lipinski definition) is 0. The highest BCUT2D eigenvalue weighted by molar-refractivity contribution is 6.14. The second-order valence-corrected chi connectivity index (χ2v) is 17.0. The third-order valence-electron chi connectivity index (χ3n) is 13.0. The molecule has 0 unspecified atom stereocenters. The van der Waals surface area contributed by atoms with Crippen LogP contribution in [0.15, 0.2) is 235 Å². The largest absolute Gasteiger partial charge is 0.455 e. The highest BCUT2D eigenvalue weighted by Crippen LogP contribution is 2.48. The molecule has 0 atom stereocenters. The van der Waals surface area contributed by atoms with Crippen LogP contribution in [0.25, 0.3) is 93.9 Å². The van der Waals surface area contributed by atoms with Crippen molar-refractivity contribution < 1.29 is 4.42 Å². The molecule has 0 aliphatic carbocycles. The molecular formula is C62H44N2O. The van der Waals surface area contributed by atoms with Gasteiger partial charge in [0.15, 0.2) is 0 Å². The van der Waals surface area contributed by atoms with E-state index in [0.717, 1.165) is 66.8 Å². The number of anilines is 3. The number of fused-ring (bicyclic) bond motifs is 6. The minimum absolute atomic E-state index is 0.860. The zero-order valence-electron chi connectivity index (χ0n) is 36.2. The van der Waals surface area contributed by atoms with E-state index in [4.69, 9.17) is 4.42 Å². The van der Waals surface area contributed by atoms with Gasteiger partial charge in [-0.15, -0.1) is 0 Å². The van der Waals surface area contributed by atoms with Crippen molar-refractivity contribution in [3.05, 3.63) is 242 Å². The van der Waals surface area contributed by atoms with Gasteiger partial charge in [0, 0.05) is 49.7 Å². The number of benzene rings is 10. The van der Waals surface area contributed by atoms with Crippen LogP contribution in [0.4, 0.5) is 17.1 Å². The number of para-hydroxylation sites is 4. The molecule has 2 aromatic heterocycles. The number of furan rings is 1. The van der Waals surface area contributed by atoms with Crippen molar-refractivity contribution in [1.29, 1.82) is 0 Å². The molecule has 2 heterocycles. The summed E-state index contributed by atoms with van der Waals surface area (Å²) in [4.78, 5) is 2.45. The Morgan fingerprint density at radius 1 is 0.354 bits per heavy atom. The van der Waals surface area contributed by atoms with Gasteiger partial charge in [0.2, 0.25) is 0 Å². The summed E-state index contributed by atoms with van der Waals surface area (Å²) in [5, 5.41) is 4.60. The number of nitrogens with zero attached hydrogens (tertiary/aromatic N) is 2. The SMILES string of the molecule is Cc1cc(N(c2cc(C)c(-c3ccccc3)c(-c3ccccc3)c2)c2cc(-c3ccccc3-n3c4ccccc4c4ccccc43)c3oc4ccccc4c3c2)ccc1-c1ccccc1. The second kappa shape index (κ2) is 15.7. The molecule has 65 heavy (non-hydrogen) atoms. The van der Waals surface area contributed by atoms with Gasteiger partial charge in [0.05, 0.1) is 16.7 Å². The number of hydrogen-bond acceptors (Lipinski definition) is 2. The van der Waals surface area contributed by atoms with Crippen molar-refractivity contribution in [2.45, 2.75) is 13.8 Å². The predicted octanol–water partition coefficient (Wildman–Crippen LogP) is 17.4. The molecule has 0 radical (unpaired) electrons. The normalized spacial score (nSPS) is 11.5. The summed E-state index contributed by atoms with van der Waals surface area (Å²) in [6, 6.07) is 83.3. The Morgan fingerprint density at radius 3 is 1.55 bits per heavy atom. The molecule has 0 bridgehead atoms. The Hall–Kier alpha value is -8.40. The summed E-state index contributed by atoms with van der Waals surface area (Å²) >= 11 is 0. The fourth-order valence-corrected chi connectivity index (χ4v) is 10.1. The summed E-state index contributed by atoms with van der Waals surface area (Å²) in [6.07, 6.45) is 0. The fraction of sp³-hybridized carbons (Fsp3) is 0.0323. The monoisotopic (exact) mass is 832 g/mol. The van der Waals surface area contributed by atoms with Gasteiger partial charge in [0.25, 0.3) is 0 Å². The lowest BCUT2D eigenvalue weighted by Crippen LogP contribution is -2.12. The van der Waals surface area contributed by atoms with Crippen molar-refractivity contribution in [2.75, 3.05) is 4.90 Å². The zero-order valence-corrected chi connectivity index (χ0v) is 36.2. The summed E-state index contributed by atoms with van der Waals surface area (Å²) in [6.45, 7) is 4.48. The highest BCUT2D eigenvalue weighted by Gasteiger charge is 2.24. The molecule has 0 aliphatic rings. The standard InChI is InChI=1S/C62H44N2O/c1-41-36-46(34-35-49(41)43-20-6-3-7-21-43)63(47-37-42(2)61(45-24-10-5-11-25-45)54(38-47)44-22-8-4-9-23-44)48-39-55(62-56(40-48)53-29-15-19-33-60(53)65-62)52-28-14-18-32-59(52)64-57-30-16-12-26-50(57)51-27-13-17-31-58(51)64/h3-40H,1-2H3. The molecule has 0 N–H and O–H groups in total. The molecule has 0 amide bonds. The van der Waals surface area contributed by atoms with Gasteiger partial charge in [-0.25, -0.2) is 0 Å². The number of rotatable bonds is 8. The first-order chi connectivity index (χ1) is 32.1. The molecule has 0 saturated heterocycles. The van der Waals surface area contributed by atoms with Gasteiger partial charge in [-0.2, -0.15) is 0 Å². The lowest BCUT2D eigenvalue weighted by Gasteiger charge is -2.29. The maximum absolute atomic E-state index is 6.95. The van der Waals surface area contributed by atoms with Crippen LogP contribution in [0.3, 0.4) is 0 Å². The van der Waals surface area contributed by atoms with Crippen LogP contribution in [0.5, 0.6) is 0 Å². The Morgan fingerprint density at radius 2 is 0.877 bits per heavy atom. The molecular weight excluding hydrogens is 789 g/mol. The first-order valence-electron chi connectivity index (χ1n) is 22.3. The van der Waals surface area contributed by atoms with Crippen molar-refractivity contribution >= 4 is 60.8 Å². The van der Waals surface area contributed by atoms with E-state index in [0.29, 0.717) is 0 Å². The van der Waals surface area contributed by atoms with Crippen molar-refractivity contribution in [1.82, 2.24) is 4.57 Å². The Bertz CT molecular complexity index is 3680. The van der Waals surface area contributed by atoms with Gasteiger partial charge >= 0.3 is 0 Å². The highest BCUT2D eigenvalue weighted by atomic mass is 16.3. The second-order valence-electron chi connectivity index (χ2n) is 17.0. The quantitative estimate of drug-likeness (QED) is 0.152. The van der Waals surface area contributed by atoms with E-state index in [9.17, 15) is 0 Å². The fourth-order valence-electron chi connectivity index (χ4n) is 10.1. The van der Waals surface area contributed by atoms with E-state index < -0.39 is 0 Å². The van der Waals surface area contributed by atoms with E-state index in [1.807, 2.05) is 0 Å². The van der Waals surface area contributed by atoms with Crippen LogP contribution in [-0.4, -0.2) is 4.57 Å². The first kappa shape index (κ1) is 38.3. The van der Waals surface area contributed by atoms with Crippen molar-refractivity contribution in [2.24, 2.45) is 0 Å². The zero-order chi connectivity index (χ0) is 43.4. The average molecular weight is 833 g/mol. The minimum Gasteiger partial charge on any atom is -0.455 e. The lowest BCUT2D eigenvalue weighted by molar-refractivity contribution is 0.670. The number of aryl methyl sites for hydroxylation is 2. The lowest BCUT2D eigenvalue weighted by atomic mass is 9.90. The van der Waals surface area contributed by atoms with Gasteiger partial charge in [0.1, 0.15) is 11.2 Å². The molecule has 0 aliphatic heterocycles. The molecule has 12 rings (SSSR count). The van der Waals surface area contributed by atoms with Gasteiger partial charge in [-0.1, -0.05) is 170 Å². The Kier molecular flexibility index (Phi) is 9.28. The first-order valence-corrected chi connectivity index (χ1v) is 22.3. The third kappa shape index (κ3) is 6.51. The van der Waals surface area contributed by atoms with Crippen LogP contribution in [0.1, 0.15) is 11.1 Å². The smallest absolute Gasteiger partial charge is 0.143 e. The van der Waals surface area contributed by atoms with Gasteiger partial charge < -0.3 is 13.9 Å². The summed E-state index contributed by atoms with van der Waals surface area (Å²) < 4.78 is 9.37. The van der Waals surface area contributed by atoms with Crippen molar-refractivity contribution in [3.63, 3.8) is 0 Å². The average Bonchev–Trinajstić information content (AvgIpc) is 3.90. The molecule has 0 spiro atoms. The molecule has 10 aromatic carbocycles. The minimum atomic E-state index is 0.860. The summed E-state index contributed by atoms with van der Waals surface area (Å²) in [5.74, 6) is 0. The topological polar surface area (TPSA) is 21.3 Å². The molecule has 12 aromatic rings. The molecule has 0 saturated carbocycles. The Balaban J connectivity index is 1.16. The third-order valence-corrected chi connectivity index (χ3v) is 13.0. The molecule has 3 nitrogen and oxygen atoms in total.